The third-order valence-electron chi connectivity index (χ3n) is 5.39. The Morgan fingerprint density at radius 3 is 1.59 bits per heavy atom. The molecular weight excluding hydrogens is 410 g/mol. The maximum absolute atomic E-state index is 11.7. The van der Waals surface area contributed by atoms with Gasteiger partial charge in [0.05, 0.1) is 4.88 Å². The highest BCUT2D eigenvalue weighted by molar-refractivity contribution is 7.17. The minimum absolute atomic E-state index is 0.755. The normalized spacial score (nSPS) is 10.6. The number of hydrogen-bond donors (Lipinski definition) is 0. The quantitative estimate of drug-likeness (QED) is 0.252. The number of aldehydes is 1. The van der Waals surface area contributed by atoms with Crippen LogP contribution in [-0.4, -0.2) is 6.29 Å². The van der Waals surface area contributed by atoms with Crippen LogP contribution in [0.4, 0.5) is 17.1 Å². The lowest BCUT2D eigenvalue weighted by atomic mass is 10.0. The van der Waals surface area contributed by atoms with E-state index in [1.807, 2.05) is 42.5 Å². The first-order chi connectivity index (χ1) is 15.8. The van der Waals surface area contributed by atoms with Crippen molar-refractivity contribution in [3.05, 3.63) is 126 Å². The number of anilines is 3. The van der Waals surface area contributed by atoms with Crippen LogP contribution in [0.3, 0.4) is 0 Å². The largest absolute Gasteiger partial charge is 0.311 e. The van der Waals surface area contributed by atoms with E-state index < -0.39 is 0 Å². The lowest BCUT2D eigenvalue weighted by Crippen LogP contribution is -2.09. The summed E-state index contributed by atoms with van der Waals surface area (Å²) in [5, 5.41) is 0. The predicted octanol–water partition coefficient (Wildman–Crippen LogP) is 8.36. The number of rotatable bonds is 6. The SMILES string of the molecule is O=Cc1sc(-c2ccc(N(c3ccccc3)c3ccccc3)cc2)cc1-c1ccccc1. The molecule has 3 heteroatoms. The third kappa shape index (κ3) is 3.98. The molecule has 0 aliphatic heterocycles. The molecule has 5 aromatic rings. The van der Waals surface area contributed by atoms with Crippen molar-refractivity contribution >= 4 is 34.7 Å². The highest BCUT2D eigenvalue weighted by Gasteiger charge is 2.14. The van der Waals surface area contributed by atoms with Crippen LogP contribution >= 0.6 is 11.3 Å². The zero-order valence-corrected chi connectivity index (χ0v) is 18.2. The molecule has 0 bridgehead atoms. The van der Waals surface area contributed by atoms with Gasteiger partial charge in [-0.2, -0.15) is 0 Å². The number of benzene rings is 4. The molecule has 0 saturated heterocycles. The second-order valence-corrected chi connectivity index (χ2v) is 8.51. The molecule has 0 saturated carbocycles. The summed E-state index contributed by atoms with van der Waals surface area (Å²) in [6, 6.07) is 41.4. The maximum Gasteiger partial charge on any atom is 0.160 e. The van der Waals surface area contributed by atoms with Gasteiger partial charge in [0.1, 0.15) is 0 Å². The topological polar surface area (TPSA) is 20.3 Å². The average Bonchev–Trinajstić information content (AvgIpc) is 3.31. The van der Waals surface area contributed by atoms with E-state index in [1.165, 1.54) is 11.3 Å². The van der Waals surface area contributed by atoms with Gasteiger partial charge < -0.3 is 4.90 Å². The van der Waals surface area contributed by atoms with Crippen molar-refractivity contribution in [2.45, 2.75) is 0 Å². The molecule has 4 aromatic carbocycles. The molecule has 0 atom stereocenters. The van der Waals surface area contributed by atoms with Crippen molar-refractivity contribution in [1.82, 2.24) is 0 Å². The van der Waals surface area contributed by atoms with E-state index in [9.17, 15) is 4.79 Å². The minimum Gasteiger partial charge on any atom is -0.311 e. The van der Waals surface area contributed by atoms with Gasteiger partial charge in [-0.15, -0.1) is 11.3 Å². The Labute approximate surface area is 192 Å². The summed E-state index contributed by atoms with van der Waals surface area (Å²) >= 11 is 1.53. The van der Waals surface area contributed by atoms with Gasteiger partial charge in [-0.1, -0.05) is 78.9 Å². The van der Waals surface area contributed by atoms with Gasteiger partial charge in [0.25, 0.3) is 0 Å². The van der Waals surface area contributed by atoms with Crippen LogP contribution in [-0.2, 0) is 0 Å². The first-order valence-corrected chi connectivity index (χ1v) is 11.3. The molecule has 0 spiro atoms. The molecule has 2 nitrogen and oxygen atoms in total. The van der Waals surface area contributed by atoms with Gasteiger partial charge in [0.2, 0.25) is 0 Å². The van der Waals surface area contributed by atoms with Crippen LogP contribution in [0.15, 0.2) is 121 Å². The van der Waals surface area contributed by atoms with Crippen molar-refractivity contribution < 1.29 is 4.79 Å². The molecule has 1 heterocycles. The Hall–Kier alpha value is -3.95. The monoisotopic (exact) mass is 431 g/mol. The summed E-state index contributed by atoms with van der Waals surface area (Å²) < 4.78 is 0. The van der Waals surface area contributed by atoms with Gasteiger partial charge in [0, 0.05) is 27.5 Å². The summed E-state index contributed by atoms with van der Waals surface area (Å²) in [6.45, 7) is 0. The maximum atomic E-state index is 11.7. The molecule has 0 fully saturated rings. The molecule has 1 aromatic heterocycles. The first kappa shape index (κ1) is 20.0. The van der Waals surface area contributed by atoms with Crippen LogP contribution < -0.4 is 4.90 Å². The number of carbonyl (C=O) groups excluding carboxylic acids is 1. The summed E-state index contributed by atoms with van der Waals surface area (Å²) in [5.74, 6) is 0. The number of carbonyl (C=O) groups is 1. The zero-order valence-electron chi connectivity index (χ0n) is 17.4. The minimum atomic E-state index is 0.755. The number of nitrogens with zero attached hydrogens (tertiary/aromatic N) is 1. The van der Waals surface area contributed by atoms with E-state index in [4.69, 9.17) is 0 Å². The summed E-state index contributed by atoms with van der Waals surface area (Å²) in [4.78, 5) is 15.8. The van der Waals surface area contributed by atoms with Crippen LogP contribution in [0.25, 0.3) is 21.6 Å². The number of thiophene rings is 1. The molecule has 5 rings (SSSR count). The summed E-state index contributed by atoms with van der Waals surface area (Å²) in [7, 11) is 0. The highest BCUT2D eigenvalue weighted by Crippen LogP contribution is 2.39. The lowest BCUT2D eigenvalue weighted by molar-refractivity contribution is 0.112. The number of para-hydroxylation sites is 2. The highest BCUT2D eigenvalue weighted by atomic mass is 32.1. The van der Waals surface area contributed by atoms with Crippen LogP contribution in [0, 0.1) is 0 Å². The van der Waals surface area contributed by atoms with E-state index in [2.05, 4.69) is 83.8 Å². The Balaban J connectivity index is 1.52. The zero-order chi connectivity index (χ0) is 21.8. The predicted molar refractivity (Wildman–Crippen MR) is 135 cm³/mol. The summed E-state index contributed by atoms with van der Waals surface area (Å²) in [6.07, 6.45) is 0.956. The fourth-order valence-electron chi connectivity index (χ4n) is 3.85. The molecule has 0 amide bonds. The molecule has 154 valence electrons. The van der Waals surface area contributed by atoms with E-state index >= 15 is 0 Å². The number of hydrogen-bond acceptors (Lipinski definition) is 3. The van der Waals surface area contributed by atoms with Crippen molar-refractivity contribution in [3.8, 4) is 21.6 Å². The second-order valence-electron chi connectivity index (χ2n) is 7.43. The van der Waals surface area contributed by atoms with E-state index in [0.29, 0.717) is 0 Å². The van der Waals surface area contributed by atoms with Gasteiger partial charge in [-0.3, -0.25) is 4.79 Å². The lowest BCUT2D eigenvalue weighted by Gasteiger charge is -2.25. The molecule has 0 aliphatic rings. The van der Waals surface area contributed by atoms with Gasteiger partial charge in [-0.25, -0.2) is 0 Å². The molecule has 0 unspecified atom stereocenters. The molecule has 0 N–H and O–H groups in total. The van der Waals surface area contributed by atoms with Crippen molar-refractivity contribution in [2.75, 3.05) is 4.90 Å². The van der Waals surface area contributed by atoms with Gasteiger partial charge in [0.15, 0.2) is 6.29 Å². The second kappa shape index (κ2) is 9.04. The Morgan fingerprint density at radius 1 is 0.562 bits per heavy atom. The van der Waals surface area contributed by atoms with E-state index in [1.54, 1.807) is 0 Å². The smallest absolute Gasteiger partial charge is 0.160 e. The van der Waals surface area contributed by atoms with Crippen molar-refractivity contribution in [3.63, 3.8) is 0 Å². The summed E-state index contributed by atoms with van der Waals surface area (Å²) in [5.41, 5.74) is 6.45. The first-order valence-electron chi connectivity index (χ1n) is 10.5. The Morgan fingerprint density at radius 2 is 1.06 bits per heavy atom. The standard InChI is InChI=1S/C29H21NOS/c31-21-29-27(22-10-4-1-5-11-22)20-28(32-29)23-16-18-26(19-17-23)30(24-12-6-2-7-13-24)25-14-8-3-9-15-25/h1-21H. The fraction of sp³-hybridized carbons (Fsp3) is 0. The average molecular weight is 432 g/mol. The fourth-order valence-corrected chi connectivity index (χ4v) is 4.86. The van der Waals surface area contributed by atoms with Gasteiger partial charge >= 0.3 is 0 Å². The van der Waals surface area contributed by atoms with E-state index in [0.717, 1.165) is 49.8 Å². The van der Waals surface area contributed by atoms with Crippen LogP contribution in [0.5, 0.6) is 0 Å². The molecular formula is C29H21NOS. The van der Waals surface area contributed by atoms with E-state index in [-0.39, 0.29) is 0 Å². The third-order valence-corrected chi connectivity index (χ3v) is 6.50. The van der Waals surface area contributed by atoms with Gasteiger partial charge in [-0.05, 0) is 53.6 Å². The molecule has 0 aliphatic carbocycles. The van der Waals surface area contributed by atoms with Crippen LogP contribution in [0.1, 0.15) is 9.67 Å². The Bertz CT molecular complexity index is 1270. The van der Waals surface area contributed by atoms with Crippen LogP contribution in [0.2, 0.25) is 0 Å². The molecule has 0 radical (unpaired) electrons. The Kier molecular flexibility index (Phi) is 5.65. The van der Waals surface area contributed by atoms with Crippen molar-refractivity contribution in [2.24, 2.45) is 0 Å². The van der Waals surface area contributed by atoms with Crippen molar-refractivity contribution in [1.29, 1.82) is 0 Å². The molecule has 32 heavy (non-hydrogen) atoms.